The van der Waals surface area contributed by atoms with Gasteiger partial charge < -0.3 is 9.64 Å². The van der Waals surface area contributed by atoms with E-state index in [9.17, 15) is 13.2 Å². The molecule has 0 saturated carbocycles. The summed E-state index contributed by atoms with van der Waals surface area (Å²) >= 11 is 0. The number of para-hydroxylation sites is 2. The topological polar surface area (TPSA) is 66.9 Å². The Labute approximate surface area is 147 Å². The highest BCUT2D eigenvalue weighted by atomic mass is 32.2. The van der Waals surface area contributed by atoms with Crippen molar-refractivity contribution in [2.24, 2.45) is 0 Å². The van der Waals surface area contributed by atoms with Gasteiger partial charge in [0.15, 0.2) is 0 Å². The molecule has 0 unspecified atom stereocenters. The van der Waals surface area contributed by atoms with Crippen molar-refractivity contribution in [3.05, 3.63) is 47.5 Å². The number of hydrogen-bond donors (Lipinski definition) is 0. The molecule has 1 amide bonds. The van der Waals surface area contributed by atoms with Gasteiger partial charge in [-0.1, -0.05) is 12.1 Å². The van der Waals surface area contributed by atoms with Crippen LogP contribution in [-0.2, 0) is 14.8 Å². The minimum Gasteiger partial charge on any atom is -0.497 e. The second-order valence-corrected chi connectivity index (χ2v) is 7.84. The molecule has 0 N–H and O–H groups in total. The highest BCUT2D eigenvalue weighted by Gasteiger charge is 2.36. The molecule has 0 bridgehead atoms. The van der Waals surface area contributed by atoms with E-state index in [1.54, 1.807) is 57.3 Å². The van der Waals surface area contributed by atoms with E-state index in [4.69, 9.17) is 4.74 Å². The van der Waals surface area contributed by atoms with Crippen molar-refractivity contribution >= 4 is 27.3 Å². The Bertz CT molecular complexity index is 930. The Morgan fingerprint density at radius 2 is 1.60 bits per heavy atom. The Kier molecular flexibility index (Phi) is 4.20. The van der Waals surface area contributed by atoms with Gasteiger partial charge in [0.1, 0.15) is 12.3 Å². The van der Waals surface area contributed by atoms with Crippen LogP contribution in [0, 0.1) is 13.8 Å². The second kappa shape index (κ2) is 6.07. The molecule has 6 nitrogen and oxygen atoms in total. The highest BCUT2D eigenvalue weighted by Crippen LogP contribution is 2.37. The van der Waals surface area contributed by atoms with E-state index in [0.717, 1.165) is 0 Å². The molecule has 132 valence electrons. The predicted molar refractivity (Wildman–Crippen MR) is 96.9 cm³/mol. The van der Waals surface area contributed by atoms with Crippen LogP contribution in [0.25, 0.3) is 0 Å². The van der Waals surface area contributed by atoms with Gasteiger partial charge in [0, 0.05) is 7.05 Å². The van der Waals surface area contributed by atoms with Gasteiger partial charge in [-0.15, -0.1) is 0 Å². The Morgan fingerprint density at radius 3 is 2.16 bits per heavy atom. The highest BCUT2D eigenvalue weighted by molar-refractivity contribution is 7.93. The minimum atomic E-state index is -3.89. The van der Waals surface area contributed by atoms with Crippen LogP contribution in [0.4, 0.5) is 11.4 Å². The van der Waals surface area contributed by atoms with Gasteiger partial charge in [-0.25, -0.2) is 8.42 Å². The van der Waals surface area contributed by atoms with E-state index in [0.29, 0.717) is 28.3 Å². The summed E-state index contributed by atoms with van der Waals surface area (Å²) in [5.74, 6) is 0.329. The number of hydrogen-bond acceptors (Lipinski definition) is 4. The molecular formula is C18H20N2O4S. The molecule has 0 aromatic heterocycles. The first-order valence-corrected chi connectivity index (χ1v) is 9.25. The van der Waals surface area contributed by atoms with Crippen LogP contribution in [0.1, 0.15) is 11.1 Å². The molecule has 0 atom stereocenters. The molecule has 3 rings (SSSR count). The van der Waals surface area contributed by atoms with Crippen LogP contribution in [0.5, 0.6) is 5.75 Å². The fourth-order valence-corrected chi connectivity index (χ4v) is 5.01. The normalized spacial score (nSPS) is 14.5. The third kappa shape index (κ3) is 2.74. The second-order valence-electron chi connectivity index (χ2n) is 6.04. The number of aryl methyl sites for hydroxylation is 2. The smallest absolute Gasteiger partial charge is 0.265 e. The maximum absolute atomic E-state index is 13.4. The van der Waals surface area contributed by atoms with Crippen LogP contribution in [0.15, 0.2) is 41.3 Å². The fourth-order valence-electron chi connectivity index (χ4n) is 3.17. The van der Waals surface area contributed by atoms with Crippen molar-refractivity contribution in [1.29, 1.82) is 0 Å². The minimum absolute atomic E-state index is 0.209. The van der Waals surface area contributed by atoms with Gasteiger partial charge in [0.2, 0.25) is 5.91 Å². The fraction of sp³-hybridized carbons (Fsp3) is 0.278. The van der Waals surface area contributed by atoms with Crippen LogP contribution in [0.3, 0.4) is 0 Å². The first-order chi connectivity index (χ1) is 11.8. The molecule has 1 aliphatic rings. The quantitative estimate of drug-likeness (QED) is 0.843. The van der Waals surface area contributed by atoms with Crippen molar-refractivity contribution in [2.75, 3.05) is 29.9 Å². The van der Waals surface area contributed by atoms with Crippen molar-refractivity contribution in [3.8, 4) is 5.75 Å². The first kappa shape index (κ1) is 17.3. The van der Waals surface area contributed by atoms with Gasteiger partial charge in [0.05, 0.1) is 23.4 Å². The van der Waals surface area contributed by atoms with Crippen LogP contribution in [0.2, 0.25) is 0 Å². The number of likely N-dealkylation sites (N-methyl/N-ethyl adjacent to an activating group) is 1. The SMILES string of the molecule is COc1cc(C)c(S(=O)(=O)N2CC(=O)N(C)c3ccccc32)c(C)c1. The number of ether oxygens (including phenoxy) is 1. The van der Waals surface area contributed by atoms with Crippen molar-refractivity contribution in [3.63, 3.8) is 0 Å². The summed E-state index contributed by atoms with van der Waals surface area (Å²) in [6.45, 7) is 3.24. The molecule has 1 heterocycles. The molecule has 0 spiro atoms. The average Bonchev–Trinajstić information content (AvgIpc) is 2.57. The van der Waals surface area contributed by atoms with Gasteiger partial charge >= 0.3 is 0 Å². The lowest BCUT2D eigenvalue weighted by molar-refractivity contribution is -0.117. The standard InChI is InChI=1S/C18H20N2O4S/c1-12-9-14(24-4)10-13(2)18(12)25(22,23)20-11-17(21)19(3)15-7-5-6-8-16(15)20/h5-10H,11H2,1-4H3. The molecule has 0 radical (unpaired) electrons. The van der Waals surface area contributed by atoms with Crippen LogP contribution < -0.4 is 13.9 Å². The predicted octanol–water partition coefficient (Wildman–Crippen LogP) is 2.48. The molecule has 25 heavy (non-hydrogen) atoms. The lowest BCUT2D eigenvalue weighted by Crippen LogP contribution is -2.46. The molecule has 0 aliphatic carbocycles. The van der Waals surface area contributed by atoms with E-state index < -0.39 is 10.0 Å². The van der Waals surface area contributed by atoms with Gasteiger partial charge in [-0.2, -0.15) is 0 Å². The molecular weight excluding hydrogens is 340 g/mol. The van der Waals surface area contributed by atoms with E-state index in [-0.39, 0.29) is 17.3 Å². The first-order valence-electron chi connectivity index (χ1n) is 7.81. The number of rotatable bonds is 3. The van der Waals surface area contributed by atoms with Gasteiger partial charge in [-0.3, -0.25) is 9.10 Å². The summed E-state index contributed by atoms with van der Waals surface area (Å²) in [5, 5.41) is 0. The molecule has 0 fully saturated rings. The summed E-state index contributed by atoms with van der Waals surface area (Å²) in [6.07, 6.45) is 0. The van der Waals surface area contributed by atoms with Gasteiger partial charge in [-0.05, 0) is 49.2 Å². The number of amides is 1. The largest absolute Gasteiger partial charge is 0.497 e. The number of fused-ring (bicyclic) bond motifs is 1. The molecule has 0 saturated heterocycles. The van der Waals surface area contributed by atoms with Crippen molar-refractivity contribution in [2.45, 2.75) is 18.7 Å². The van der Waals surface area contributed by atoms with E-state index in [1.807, 2.05) is 0 Å². The Hall–Kier alpha value is -2.54. The summed E-state index contributed by atoms with van der Waals surface area (Å²) in [4.78, 5) is 14.0. The van der Waals surface area contributed by atoms with Crippen molar-refractivity contribution < 1.29 is 17.9 Å². The third-order valence-electron chi connectivity index (χ3n) is 4.38. The Morgan fingerprint density at radius 1 is 1.04 bits per heavy atom. The number of carbonyl (C=O) groups is 1. The average molecular weight is 360 g/mol. The zero-order chi connectivity index (χ0) is 18.4. The molecule has 2 aromatic carbocycles. The van der Waals surface area contributed by atoms with Gasteiger partial charge in [0.25, 0.3) is 10.0 Å². The van der Waals surface area contributed by atoms with Crippen LogP contribution in [-0.4, -0.2) is 35.0 Å². The molecule has 2 aromatic rings. The maximum atomic E-state index is 13.4. The zero-order valence-corrected chi connectivity index (χ0v) is 15.4. The lowest BCUT2D eigenvalue weighted by Gasteiger charge is -2.35. The lowest BCUT2D eigenvalue weighted by atomic mass is 10.1. The summed E-state index contributed by atoms with van der Waals surface area (Å²) in [5.41, 5.74) is 2.24. The summed E-state index contributed by atoms with van der Waals surface area (Å²) in [7, 11) is -0.701. The van der Waals surface area contributed by atoms with E-state index in [1.165, 1.54) is 16.3 Å². The summed E-state index contributed by atoms with van der Waals surface area (Å²) < 4.78 is 33.1. The Balaban J connectivity index is 2.19. The van der Waals surface area contributed by atoms with E-state index in [2.05, 4.69) is 0 Å². The number of benzene rings is 2. The summed E-state index contributed by atoms with van der Waals surface area (Å²) in [6, 6.07) is 10.4. The van der Waals surface area contributed by atoms with Crippen LogP contribution >= 0.6 is 0 Å². The molecule has 1 aliphatic heterocycles. The third-order valence-corrected chi connectivity index (χ3v) is 6.45. The number of methoxy groups -OCH3 is 1. The molecule has 7 heteroatoms. The number of sulfonamides is 1. The van der Waals surface area contributed by atoms with E-state index >= 15 is 0 Å². The van der Waals surface area contributed by atoms with Crippen molar-refractivity contribution in [1.82, 2.24) is 0 Å². The zero-order valence-electron chi connectivity index (χ0n) is 14.6. The number of nitrogens with zero attached hydrogens (tertiary/aromatic N) is 2. The monoisotopic (exact) mass is 360 g/mol. The maximum Gasteiger partial charge on any atom is 0.265 e. The number of anilines is 2. The number of carbonyl (C=O) groups excluding carboxylic acids is 1.